The quantitative estimate of drug-likeness (QED) is 0.653. The van der Waals surface area contributed by atoms with E-state index >= 15 is 0 Å². The van der Waals surface area contributed by atoms with Crippen LogP contribution in [0.2, 0.25) is 4.82 Å². The van der Waals surface area contributed by atoms with Gasteiger partial charge in [-0.2, -0.15) is 0 Å². The first-order valence-corrected chi connectivity index (χ1v) is 10.2. The molecular weight excluding hydrogens is 422 g/mol. The van der Waals surface area contributed by atoms with Crippen LogP contribution in [0.5, 0.6) is 0 Å². The molecule has 0 fully saturated rings. The van der Waals surface area contributed by atoms with Crippen LogP contribution < -0.4 is 9.78 Å². The molecule has 0 aliphatic carbocycles. The molecule has 0 aliphatic rings. The number of aryl methyl sites for hydroxylation is 1. The van der Waals surface area contributed by atoms with Crippen molar-refractivity contribution in [1.29, 1.82) is 0 Å². The molecule has 1 N–H and O–H groups in total. The van der Waals surface area contributed by atoms with Gasteiger partial charge in [0.2, 0.25) is 0 Å². The zero-order valence-corrected chi connectivity index (χ0v) is 17.1. The second-order valence-electron chi connectivity index (χ2n) is 6.67. The predicted octanol–water partition coefficient (Wildman–Crippen LogP) is 4.11. The van der Waals surface area contributed by atoms with E-state index in [-0.39, 0.29) is 5.91 Å². The van der Waals surface area contributed by atoms with Crippen molar-refractivity contribution in [2.24, 2.45) is 0 Å². The molecule has 0 spiro atoms. The fourth-order valence-electron chi connectivity index (χ4n) is 2.34. The van der Waals surface area contributed by atoms with E-state index in [1.165, 1.54) is 13.8 Å². The summed E-state index contributed by atoms with van der Waals surface area (Å²) in [6.07, 6.45) is -4.45. The topological polar surface area (TPSA) is 38.3 Å². The van der Waals surface area contributed by atoms with E-state index in [0.717, 1.165) is 10.0 Å². The first-order chi connectivity index (χ1) is 12.6. The molecule has 7 heteroatoms. The third-order valence-corrected chi connectivity index (χ3v) is 7.07. The van der Waals surface area contributed by atoms with E-state index < -0.39 is 38.2 Å². The van der Waals surface area contributed by atoms with Crippen LogP contribution in [0.4, 0.5) is 18.9 Å². The molecule has 0 heterocycles. The van der Waals surface area contributed by atoms with Crippen LogP contribution in [0, 0.1) is 6.92 Å². The summed E-state index contributed by atoms with van der Waals surface area (Å²) in [7, 11) is 0. The molecule has 3 nitrogen and oxygen atoms in total. The normalized spacial score (nSPS) is 13.3. The van der Waals surface area contributed by atoms with Gasteiger partial charge in [-0.25, -0.2) is 0 Å². The molecule has 27 heavy (non-hydrogen) atoms. The number of rotatable bonds is 7. The number of carbonyl (C=O) groups excluding carboxylic acids is 1. The molecule has 1 atom stereocenters. The van der Waals surface area contributed by atoms with Crippen molar-refractivity contribution in [2.45, 2.75) is 37.4 Å². The Hall–Kier alpha value is -1.82. The van der Waals surface area contributed by atoms with Gasteiger partial charge in [-0.1, -0.05) is 0 Å². The monoisotopic (exact) mass is 445 g/mol. The maximum atomic E-state index is 12.9. The van der Waals surface area contributed by atoms with Crippen molar-refractivity contribution in [1.82, 2.24) is 0 Å². The number of para-hydroxylation sites is 1. The predicted molar refractivity (Wildman–Crippen MR) is 101 cm³/mol. The molecule has 0 radical (unpaired) electrons. The van der Waals surface area contributed by atoms with Crippen LogP contribution in [-0.4, -0.2) is 39.2 Å². The molecule has 0 saturated carbocycles. The number of hydrogen-bond donors (Lipinski definition) is 1. The van der Waals surface area contributed by atoms with Gasteiger partial charge < -0.3 is 0 Å². The van der Waals surface area contributed by atoms with Crippen LogP contribution in [0.25, 0.3) is 0 Å². The van der Waals surface area contributed by atoms with Crippen LogP contribution >= 0.6 is 0 Å². The van der Waals surface area contributed by atoms with E-state index in [2.05, 4.69) is 5.32 Å². The van der Waals surface area contributed by atoms with Gasteiger partial charge in [0.25, 0.3) is 0 Å². The standard InChI is InChI=1S/C20H22F3NO2Se/c1-14-9-11-16(12-10-14)27-17(19(2,3)26-13-20(21,22)23)18(25)24-15-7-5-4-6-8-15/h4-12,17H,13H2,1-3H3,(H,24,25). The van der Waals surface area contributed by atoms with Crippen molar-refractivity contribution in [2.75, 3.05) is 11.9 Å². The zero-order valence-electron chi connectivity index (χ0n) is 15.3. The van der Waals surface area contributed by atoms with Crippen molar-refractivity contribution >= 4 is 31.0 Å². The summed E-state index contributed by atoms with van der Waals surface area (Å²) in [6, 6.07) is 16.5. The zero-order chi connectivity index (χ0) is 20.1. The van der Waals surface area contributed by atoms with Gasteiger partial charge in [-0.05, 0) is 0 Å². The van der Waals surface area contributed by atoms with E-state index in [4.69, 9.17) is 4.74 Å². The first kappa shape index (κ1) is 21.5. The van der Waals surface area contributed by atoms with Gasteiger partial charge in [0, 0.05) is 0 Å². The maximum absolute atomic E-state index is 12.9. The molecular formula is C20H22F3NO2Se. The number of benzene rings is 2. The fourth-order valence-corrected chi connectivity index (χ4v) is 4.61. The third-order valence-electron chi connectivity index (χ3n) is 3.79. The second-order valence-corrected chi connectivity index (χ2v) is 9.15. The summed E-state index contributed by atoms with van der Waals surface area (Å²) in [5.74, 6) is -0.353. The molecule has 1 unspecified atom stereocenters. The molecule has 2 rings (SSSR count). The fraction of sp³-hybridized carbons (Fsp3) is 0.350. The van der Waals surface area contributed by atoms with E-state index in [0.29, 0.717) is 5.69 Å². The summed E-state index contributed by atoms with van der Waals surface area (Å²) in [5, 5.41) is 2.79. The van der Waals surface area contributed by atoms with Crippen LogP contribution in [0.15, 0.2) is 54.6 Å². The Labute approximate surface area is 163 Å². The van der Waals surface area contributed by atoms with Crippen molar-refractivity contribution in [3.8, 4) is 0 Å². The van der Waals surface area contributed by atoms with Crippen LogP contribution in [-0.2, 0) is 9.53 Å². The summed E-state index contributed by atoms with van der Waals surface area (Å²) in [4.78, 5) is 12.2. The number of anilines is 1. The number of carbonyl (C=O) groups is 1. The molecule has 0 bridgehead atoms. The minimum atomic E-state index is -4.45. The summed E-state index contributed by atoms with van der Waals surface area (Å²) in [5.41, 5.74) is 0.394. The molecule has 1 amide bonds. The Balaban J connectivity index is 2.23. The van der Waals surface area contributed by atoms with Gasteiger partial charge in [0.05, 0.1) is 0 Å². The Kier molecular flexibility index (Phi) is 7.09. The summed E-state index contributed by atoms with van der Waals surface area (Å²) < 4.78 is 44.0. The van der Waals surface area contributed by atoms with Crippen LogP contribution in [0.3, 0.4) is 0 Å². The Bertz CT molecular complexity index is 746. The summed E-state index contributed by atoms with van der Waals surface area (Å²) in [6.45, 7) is 3.62. The number of halogens is 3. The molecule has 0 saturated heterocycles. The minimum absolute atomic E-state index is 0.353. The van der Waals surface area contributed by atoms with Gasteiger partial charge in [-0.15, -0.1) is 0 Å². The van der Waals surface area contributed by atoms with E-state index in [9.17, 15) is 18.0 Å². The SMILES string of the molecule is Cc1ccc([Se]C(C(=O)Nc2ccccc2)C(C)(C)OCC(F)(F)F)cc1. The third kappa shape index (κ3) is 7.01. The van der Waals surface area contributed by atoms with Gasteiger partial charge in [0.15, 0.2) is 0 Å². The molecule has 0 aromatic heterocycles. The first-order valence-electron chi connectivity index (χ1n) is 8.37. The summed E-state index contributed by atoms with van der Waals surface area (Å²) >= 11 is -0.415. The number of ether oxygens (including phenoxy) is 1. The van der Waals surface area contributed by atoms with E-state index in [1.807, 2.05) is 37.3 Å². The van der Waals surface area contributed by atoms with E-state index in [1.54, 1.807) is 24.3 Å². The number of nitrogens with one attached hydrogen (secondary N) is 1. The van der Waals surface area contributed by atoms with Gasteiger partial charge >= 0.3 is 163 Å². The Morgan fingerprint density at radius 2 is 1.67 bits per heavy atom. The molecule has 0 aliphatic heterocycles. The van der Waals surface area contributed by atoms with Crippen molar-refractivity contribution in [3.63, 3.8) is 0 Å². The van der Waals surface area contributed by atoms with Crippen molar-refractivity contribution in [3.05, 3.63) is 60.2 Å². The molecule has 2 aromatic carbocycles. The second kappa shape index (κ2) is 8.91. The average Bonchev–Trinajstić information content (AvgIpc) is 2.59. The molecule has 2 aromatic rings. The number of hydrogen-bond acceptors (Lipinski definition) is 2. The Morgan fingerprint density at radius 3 is 2.22 bits per heavy atom. The van der Waals surface area contributed by atoms with Gasteiger partial charge in [0.1, 0.15) is 0 Å². The molecule has 146 valence electrons. The number of alkyl halides is 3. The van der Waals surface area contributed by atoms with Crippen molar-refractivity contribution < 1.29 is 22.7 Å². The van der Waals surface area contributed by atoms with Gasteiger partial charge in [-0.3, -0.25) is 0 Å². The Morgan fingerprint density at radius 1 is 1.07 bits per heavy atom. The van der Waals surface area contributed by atoms with Crippen LogP contribution in [0.1, 0.15) is 19.4 Å². The number of amides is 1. The average molecular weight is 444 g/mol.